The summed E-state index contributed by atoms with van der Waals surface area (Å²) in [4.78, 5) is 56.1. The van der Waals surface area contributed by atoms with Gasteiger partial charge >= 0.3 is 0 Å². The molecule has 46 heavy (non-hydrogen) atoms. The van der Waals surface area contributed by atoms with Crippen molar-refractivity contribution in [3.63, 3.8) is 0 Å². The molecule has 8 nitrogen and oxygen atoms in total. The Morgan fingerprint density at radius 2 is 1.72 bits per heavy atom. The largest absolute Gasteiger partial charge is 0.448 e. The molecule has 0 radical (unpaired) electrons. The molecule has 0 saturated carbocycles. The van der Waals surface area contributed by atoms with Crippen LogP contribution in [0.15, 0.2) is 82.0 Å². The zero-order valence-corrected chi connectivity index (χ0v) is 26.1. The topological polar surface area (TPSA) is 99.9 Å². The number of nitrogens with one attached hydrogen (secondary N) is 1. The highest BCUT2D eigenvalue weighted by atomic mass is 35.5. The van der Waals surface area contributed by atoms with Crippen LogP contribution in [0, 0.1) is 5.82 Å². The number of piperidine rings is 2. The lowest BCUT2D eigenvalue weighted by atomic mass is 9.86. The van der Waals surface area contributed by atoms with Crippen molar-refractivity contribution in [1.82, 2.24) is 15.1 Å². The smallest absolute Gasteiger partial charge is 0.287 e. The lowest BCUT2D eigenvalue weighted by molar-refractivity contribution is -0.135. The summed E-state index contributed by atoms with van der Waals surface area (Å²) < 4.78 is 19.9. The van der Waals surface area contributed by atoms with Crippen LogP contribution >= 0.6 is 11.6 Å². The summed E-state index contributed by atoms with van der Waals surface area (Å²) in [5.74, 6) is -1.76. The standard InChI is InChI=1S/C36H35ClFN3O5/c37-26-13-11-23(12-14-26)20-30(39-35(44)32-21-31(42)28-8-5-9-29(38)34(28)46-32)36(45)40-18-15-24(16-19-40)27-7-2-1-6-25(27)22-41-17-4-3-10-33(41)43/h1-2,5-9,11-14,21,24,30H,3-4,10,15-20,22H2,(H,39,44)/t30-/m0/s1. The van der Waals surface area contributed by atoms with E-state index in [0.717, 1.165) is 55.5 Å². The Balaban J connectivity index is 1.18. The molecule has 3 amide bonds. The number of carbonyl (C=O) groups excluding carboxylic acids is 3. The van der Waals surface area contributed by atoms with Crippen molar-refractivity contribution in [2.24, 2.45) is 0 Å². The average Bonchev–Trinajstić information content (AvgIpc) is 3.07. The summed E-state index contributed by atoms with van der Waals surface area (Å²) in [5.41, 5.74) is 2.26. The molecule has 2 aliphatic rings. The predicted octanol–water partition coefficient (Wildman–Crippen LogP) is 5.85. The monoisotopic (exact) mass is 643 g/mol. The van der Waals surface area contributed by atoms with Crippen molar-refractivity contribution >= 4 is 40.3 Å². The third-order valence-electron chi connectivity index (χ3n) is 8.97. The minimum Gasteiger partial charge on any atom is -0.448 e. The fourth-order valence-corrected chi connectivity index (χ4v) is 6.61. The first-order chi connectivity index (χ1) is 22.3. The van der Waals surface area contributed by atoms with Gasteiger partial charge in [0.05, 0.1) is 5.39 Å². The van der Waals surface area contributed by atoms with E-state index in [1.807, 2.05) is 17.0 Å². The van der Waals surface area contributed by atoms with Gasteiger partial charge in [-0.3, -0.25) is 19.2 Å². The summed E-state index contributed by atoms with van der Waals surface area (Å²) >= 11 is 6.07. The summed E-state index contributed by atoms with van der Waals surface area (Å²) in [5, 5.41) is 3.32. The molecule has 2 fully saturated rings. The Hall–Kier alpha value is -4.50. The van der Waals surface area contributed by atoms with Gasteiger partial charge in [-0.15, -0.1) is 0 Å². The van der Waals surface area contributed by atoms with Crippen molar-refractivity contribution in [2.75, 3.05) is 19.6 Å². The van der Waals surface area contributed by atoms with E-state index in [2.05, 4.69) is 17.4 Å². The highest BCUT2D eigenvalue weighted by molar-refractivity contribution is 6.30. The molecule has 1 atom stereocenters. The summed E-state index contributed by atoms with van der Waals surface area (Å²) in [6.07, 6.45) is 4.21. The van der Waals surface area contributed by atoms with Gasteiger partial charge < -0.3 is 19.5 Å². The summed E-state index contributed by atoms with van der Waals surface area (Å²) in [6.45, 7) is 2.35. The fourth-order valence-electron chi connectivity index (χ4n) is 6.48. The van der Waals surface area contributed by atoms with Crippen LogP contribution in [0.2, 0.25) is 5.02 Å². The summed E-state index contributed by atoms with van der Waals surface area (Å²) in [7, 11) is 0. The van der Waals surface area contributed by atoms with Crippen LogP contribution in [0.5, 0.6) is 0 Å². The van der Waals surface area contributed by atoms with E-state index >= 15 is 0 Å². The Bertz CT molecular complexity index is 1820. The lowest BCUT2D eigenvalue weighted by Gasteiger charge is -2.36. The normalized spacial score (nSPS) is 16.4. The van der Waals surface area contributed by atoms with Crippen molar-refractivity contribution in [3.05, 3.63) is 116 Å². The van der Waals surface area contributed by atoms with Crippen molar-refractivity contribution in [1.29, 1.82) is 0 Å². The van der Waals surface area contributed by atoms with Crippen molar-refractivity contribution in [2.45, 2.75) is 57.0 Å². The Kier molecular flexibility index (Phi) is 9.49. The second kappa shape index (κ2) is 13.9. The van der Waals surface area contributed by atoms with Gasteiger partial charge in [0.15, 0.2) is 22.6 Å². The van der Waals surface area contributed by atoms with Crippen LogP contribution in [-0.2, 0) is 22.6 Å². The lowest BCUT2D eigenvalue weighted by Crippen LogP contribution is -2.51. The van der Waals surface area contributed by atoms with Crippen LogP contribution in [0.4, 0.5) is 4.39 Å². The SMILES string of the molecule is O=C(N[C@@H](Cc1ccc(Cl)cc1)C(=O)N1CCC(c2ccccc2CN2CCCCC2=O)CC1)c1cc(=O)c2cccc(F)c2o1. The van der Waals surface area contributed by atoms with Gasteiger partial charge in [0, 0.05) is 50.1 Å². The molecule has 1 aromatic heterocycles. The molecule has 4 aromatic rings. The number of halogens is 2. The van der Waals surface area contributed by atoms with E-state index in [9.17, 15) is 23.6 Å². The van der Waals surface area contributed by atoms with Gasteiger partial charge in [0.25, 0.3) is 5.91 Å². The highest BCUT2D eigenvalue weighted by Crippen LogP contribution is 2.32. The number of nitrogens with zero attached hydrogens (tertiary/aromatic N) is 2. The van der Waals surface area contributed by atoms with E-state index in [0.29, 0.717) is 31.1 Å². The van der Waals surface area contributed by atoms with Gasteiger partial charge in [-0.2, -0.15) is 0 Å². The third-order valence-corrected chi connectivity index (χ3v) is 9.22. The first kappa shape index (κ1) is 31.5. The molecule has 2 saturated heterocycles. The van der Waals surface area contributed by atoms with E-state index in [1.54, 1.807) is 29.2 Å². The van der Waals surface area contributed by atoms with Crippen LogP contribution < -0.4 is 10.7 Å². The number of hydrogen-bond donors (Lipinski definition) is 1. The molecule has 3 heterocycles. The second-order valence-corrected chi connectivity index (χ2v) is 12.5. The number of para-hydroxylation sites is 1. The minimum atomic E-state index is -0.968. The van der Waals surface area contributed by atoms with E-state index in [1.165, 1.54) is 17.7 Å². The number of fused-ring (bicyclic) bond motifs is 1. The fraction of sp³-hybridized carbons (Fsp3) is 0.333. The molecular formula is C36H35ClFN3O5. The maximum absolute atomic E-state index is 14.4. The maximum Gasteiger partial charge on any atom is 0.287 e. The first-order valence-corrected chi connectivity index (χ1v) is 16.1. The number of likely N-dealkylation sites (tertiary alicyclic amines) is 2. The van der Waals surface area contributed by atoms with Crippen LogP contribution in [0.3, 0.4) is 0 Å². The number of hydrogen-bond acceptors (Lipinski definition) is 5. The van der Waals surface area contributed by atoms with Crippen LogP contribution in [-0.4, -0.2) is 53.2 Å². The third kappa shape index (κ3) is 6.99. The molecule has 1 N–H and O–H groups in total. The van der Waals surface area contributed by atoms with Gasteiger partial charge in [0.2, 0.25) is 11.8 Å². The maximum atomic E-state index is 14.4. The van der Waals surface area contributed by atoms with Crippen LogP contribution in [0.1, 0.15) is 65.3 Å². The minimum absolute atomic E-state index is 0.0253. The molecule has 10 heteroatoms. The van der Waals surface area contributed by atoms with Gasteiger partial charge in [0.1, 0.15) is 6.04 Å². The van der Waals surface area contributed by atoms with Crippen molar-refractivity contribution in [3.8, 4) is 0 Å². The highest BCUT2D eigenvalue weighted by Gasteiger charge is 2.32. The predicted molar refractivity (Wildman–Crippen MR) is 173 cm³/mol. The summed E-state index contributed by atoms with van der Waals surface area (Å²) in [6, 6.07) is 19.2. The Labute approximate surface area is 271 Å². The van der Waals surface area contributed by atoms with E-state index in [4.69, 9.17) is 16.0 Å². The van der Waals surface area contributed by atoms with Gasteiger partial charge in [-0.05, 0) is 72.6 Å². The van der Waals surface area contributed by atoms with Gasteiger partial charge in [-0.1, -0.05) is 54.1 Å². The van der Waals surface area contributed by atoms with Crippen molar-refractivity contribution < 1.29 is 23.2 Å². The molecule has 0 aliphatic carbocycles. The van der Waals surface area contributed by atoms with Gasteiger partial charge in [-0.25, -0.2) is 4.39 Å². The number of carbonyl (C=O) groups is 3. The molecule has 6 rings (SSSR count). The molecule has 238 valence electrons. The van der Waals surface area contributed by atoms with E-state index < -0.39 is 23.2 Å². The number of amides is 3. The molecule has 0 unspecified atom stereocenters. The quantitative estimate of drug-likeness (QED) is 0.260. The molecule has 0 bridgehead atoms. The Morgan fingerprint density at radius 3 is 2.48 bits per heavy atom. The molecule has 0 spiro atoms. The number of benzene rings is 3. The average molecular weight is 644 g/mol. The Morgan fingerprint density at radius 1 is 0.957 bits per heavy atom. The first-order valence-electron chi connectivity index (χ1n) is 15.7. The van der Waals surface area contributed by atoms with Crippen LogP contribution in [0.25, 0.3) is 11.0 Å². The molecular weight excluding hydrogens is 609 g/mol. The molecule has 2 aliphatic heterocycles. The molecule has 3 aromatic carbocycles. The number of rotatable bonds is 8. The second-order valence-electron chi connectivity index (χ2n) is 12.0. The zero-order valence-electron chi connectivity index (χ0n) is 25.3. The zero-order chi connectivity index (χ0) is 32.2. The van der Waals surface area contributed by atoms with E-state index in [-0.39, 0.29) is 40.9 Å².